The molecule has 1 unspecified atom stereocenters. The van der Waals surface area contributed by atoms with Crippen molar-refractivity contribution in [3.05, 3.63) is 23.3 Å². The summed E-state index contributed by atoms with van der Waals surface area (Å²) in [5.41, 5.74) is 3.08. The van der Waals surface area contributed by atoms with Crippen molar-refractivity contribution in [3.63, 3.8) is 0 Å². The average Bonchev–Trinajstić information content (AvgIpc) is 3.40. The molecule has 0 aromatic heterocycles. The van der Waals surface area contributed by atoms with Crippen LogP contribution in [-0.2, 0) is 4.79 Å². The van der Waals surface area contributed by atoms with Crippen LogP contribution in [0.15, 0.2) is 23.3 Å². The highest BCUT2D eigenvalue weighted by molar-refractivity contribution is 5.92. The molecule has 0 saturated heterocycles. The number of rotatable bonds is 4. The molecule has 5 rings (SSSR count). The third-order valence-corrected chi connectivity index (χ3v) is 11.0. The van der Waals surface area contributed by atoms with Crippen molar-refractivity contribution in [1.82, 2.24) is 0 Å². The molecule has 8 atom stereocenters. The van der Waals surface area contributed by atoms with Gasteiger partial charge in [0.15, 0.2) is 0 Å². The second-order valence-corrected chi connectivity index (χ2v) is 12.9. The zero-order valence-electron chi connectivity index (χ0n) is 20.5. The van der Waals surface area contributed by atoms with Crippen LogP contribution < -0.4 is 0 Å². The van der Waals surface area contributed by atoms with Gasteiger partial charge < -0.3 is 5.11 Å². The Morgan fingerprint density at radius 2 is 1.97 bits per heavy atom. The fraction of sp³-hybridized carbons (Fsp3) is 0.828. The van der Waals surface area contributed by atoms with E-state index in [4.69, 9.17) is 0 Å². The minimum Gasteiger partial charge on any atom is -0.393 e. The summed E-state index contributed by atoms with van der Waals surface area (Å²) < 4.78 is 0. The Labute approximate surface area is 190 Å². The van der Waals surface area contributed by atoms with E-state index < -0.39 is 0 Å². The summed E-state index contributed by atoms with van der Waals surface area (Å²) in [4.78, 5) is 12.8. The SMILES string of the molecule is CC(C)=CCC[C@@H](C)[C@H]1CC[C@H]2[C@@H]3CC=C4C5(CC5)C(=O)CC[C@]4(C)[C@H]3C(O)C[C@]12C. The number of aliphatic hydroxyl groups excluding tert-OH is 1. The Balaban J connectivity index is 1.42. The van der Waals surface area contributed by atoms with Crippen molar-refractivity contribution in [2.45, 2.75) is 105 Å². The van der Waals surface area contributed by atoms with Gasteiger partial charge in [0, 0.05) is 6.42 Å². The van der Waals surface area contributed by atoms with Gasteiger partial charge in [-0.2, -0.15) is 0 Å². The van der Waals surface area contributed by atoms with Gasteiger partial charge in [-0.25, -0.2) is 0 Å². The molecule has 5 aliphatic carbocycles. The van der Waals surface area contributed by atoms with Crippen LogP contribution in [0.3, 0.4) is 0 Å². The van der Waals surface area contributed by atoms with Gasteiger partial charge in [0.25, 0.3) is 0 Å². The van der Waals surface area contributed by atoms with Crippen molar-refractivity contribution >= 4 is 5.78 Å². The Hall–Kier alpha value is -0.890. The van der Waals surface area contributed by atoms with E-state index in [0.29, 0.717) is 17.6 Å². The fourth-order valence-corrected chi connectivity index (χ4v) is 9.54. The fourth-order valence-electron chi connectivity index (χ4n) is 9.54. The van der Waals surface area contributed by atoms with Gasteiger partial charge in [0.2, 0.25) is 0 Å². The standard InChI is InChI=1S/C29H44O2/c1-18(2)7-6-8-19(3)21-10-11-22-20-9-12-24-27(4,14-13-25(31)29(24)15-16-29)26(20)23(30)17-28(21,22)5/h7,12,19-23,26,30H,6,8-11,13-17H2,1-5H3/t19-,20+,21-,22+,23?,26-,27+,28-/m1/s1. The lowest BCUT2D eigenvalue weighted by Crippen LogP contribution is -2.57. The summed E-state index contributed by atoms with van der Waals surface area (Å²) in [6.45, 7) is 11.8. The van der Waals surface area contributed by atoms with E-state index in [1.165, 1.54) is 36.8 Å². The summed E-state index contributed by atoms with van der Waals surface area (Å²) in [5, 5.41) is 11.7. The lowest BCUT2D eigenvalue weighted by molar-refractivity contribution is -0.141. The minimum absolute atomic E-state index is 0.0429. The number of Topliss-reactive ketones (excluding diaryl/α,β-unsaturated/α-hetero) is 1. The smallest absolute Gasteiger partial charge is 0.143 e. The molecule has 2 heteroatoms. The molecule has 172 valence electrons. The molecule has 1 N–H and O–H groups in total. The first-order valence-corrected chi connectivity index (χ1v) is 13.2. The number of hydrogen-bond donors (Lipinski definition) is 1. The van der Waals surface area contributed by atoms with Crippen LogP contribution >= 0.6 is 0 Å². The van der Waals surface area contributed by atoms with Crippen LogP contribution in [0.25, 0.3) is 0 Å². The first-order valence-electron chi connectivity index (χ1n) is 13.2. The van der Waals surface area contributed by atoms with Gasteiger partial charge in [0.1, 0.15) is 5.78 Å². The molecule has 0 bridgehead atoms. The molecule has 4 saturated carbocycles. The number of aliphatic hydroxyl groups is 1. The maximum absolute atomic E-state index is 12.8. The number of allylic oxidation sites excluding steroid dienone is 4. The molecule has 2 nitrogen and oxygen atoms in total. The monoisotopic (exact) mass is 424 g/mol. The number of carbonyl (C=O) groups is 1. The van der Waals surface area contributed by atoms with Crippen molar-refractivity contribution in [1.29, 1.82) is 0 Å². The zero-order valence-corrected chi connectivity index (χ0v) is 20.5. The summed E-state index contributed by atoms with van der Waals surface area (Å²) >= 11 is 0. The van der Waals surface area contributed by atoms with Crippen LogP contribution in [-0.4, -0.2) is 17.0 Å². The first kappa shape index (κ1) is 21.9. The van der Waals surface area contributed by atoms with Crippen LogP contribution in [0.1, 0.15) is 98.8 Å². The Morgan fingerprint density at radius 3 is 2.65 bits per heavy atom. The van der Waals surface area contributed by atoms with Crippen molar-refractivity contribution in [3.8, 4) is 0 Å². The Bertz CT molecular complexity index is 813. The molecule has 1 spiro atoms. The predicted molar refractivity (Wildman–Crippen MR) is 126 cm³/mol. The maximum Gasteiger partial charge on any atom is 0.143 e. The van der Waals surface area contributed by atoms with E-state index >= 15 is 0 Å². The number of ketones is 1. The third kappa shape index (κ3) is 3.10. The highest BCUT2D eigenvalue weighted by Gasteiger charge is 2.67. The average molecular weight is 425 g/mol. The Kier molecular flexibility index (Phi) is 5.17. The van der Waals surface area contributed by atoms with Crippen LogP contribution in [0.4, 0.5) is 0 Å². The summed E-state index contributed by atoms with van der Waals surface area (Å²) in [6.07, 6.45) is 15.7. The van der Waals surface area contributed by atoms with Crippen LogP contribution in [0.2, 0.25) is 0 Å². The van der Waals surface area contributed by atoms with Crippen molar-refractivity contribution in [2.24, 2.45) is 45.8 Å². The molecule has 0 amide bonds. The first-order chi connectivity index (χ1) is 14.6. The molecule has 0 radical (unpaired) electrons. The lowest BCUT2D eigenvalue weighted by Gasteiger charge is -2.60. The maximum atomic E-state index is 12.8. The highest BCUT2D eigenvalue weighted by atomic mass is 16.3. The number of fused-ring (bicyclic) bond motifs is 6. The summed E-state index contributed by atoms with van der Waals surface area (Å²) in [7, 11) is 0. The van der Waals surface area contributed by atoms with Crippen molar-refractivity contribution in [2.75, 3.05) is 0 Å². The van der Waals surface area contributed by atoms with E-state index in [9.17, 15) is 9.90 Å². The molecule has 0 aromatic rings. The molecule has 0 aromatic carbocycles. The quantitative estimate of drug-likeness (QED) is 0.500. The topological polar surface area (TPSA) is 37.3 Å². The summed E-state index contributed by atoms with van der Waals surface area (Å²) in [6, 6.07) is 0. The molecular formula is C29H44O2. The van der Waals surface area contributed by atoms with E-state index in [-0.39, 0.29) is 22.3 Å². The van der Waals surface area contributed by atoms with E-state index in [0.717, 1.165) is 56.3 Å². The van der Waals surface area contributed by atoms with E-state index in [2.05, 4.69) is 46.8 Å². The second-order valence-electron chi connectivity index (χ2n) is 12.9. The van der Waals surface area contributed by atoms with Gasteiger partial charge in [-0.3, -0.25) is 4.79 Å². The normalized spacial score (nSPS) is 45.9. The molecule has 4 fully saturated rings. The molecule has 0 aliphatic heterocycles. The predicted octanol–water partition coefficient (Wildman–Crippen LogP) is 6.88. The number of hydrogen-bond acceptors (Lipinski definition) is 2. The van der Waals surface area contributed by atoms with Gasteiger partial charge >= 0.3 is 0 Å². The van der Waals surface area contributed by atoms with Gasteiger partial charge in [-0.15, -0.1) is 0 Å². The second kappa shape index (κ2) is 7.31. The highest BCUT2D eigenvalue weighted by Crippen LogP contribution is 2.72. The van der Waals surface area contributed by atoms with Crippen molar-refractivity contribution < 1.29 is 9.90 Å². The summed E-state index contributed by atoms with van der Waals surface area (Å²) in [5.74, 6) is 3.65. The van der Waals surface area contributed by atoms with E-state index in [1.54, 1.807) is 0 Å². The molecule has 5 aliphatic rings. The van der Waals surface area contributed by atoms with Gasteiger partial charge in [0.05, 0.1) is 11.5 Å². The minimum atomic E-state index is -0.213. The van der Waals surface area contributed by atoms with E-state index in [1.807, 2.05) is 0 Å². The van der Waals surface area contributed by atoms with Gasteiger partial charge in [-0.1, -0.05) is 44.1 Å². The third-order valence-electron chi connectivity index (χ3n) is 11.0. The molecule has 0 heterocycles. The van der Waals surface area contributed by atoms with Crippen LogP contribution in [0, 0.1) is 45.8 Å². The molecule has 31 heavy (non-hydrogen) atoms. The zero-order chi connectivity index (χ0) is 22.2. The largest absolute Gasteiger partial charge is 0.393 e. The molecular weight excluding hydrogens is 380 g/mol. The lowest BCUT2D eigenvalue weighted by atomic mass is 9.44. The number of carbonyl (C=O) groups excluding carboxylic acids is 1. The van der Waals surface area contributed by atoms with Gasteiger partial charge in [-0.05, 0) is 112 Å². The Morgan fingerprint density at radius 1 is 1.23 bits per heavy atom. The van der Waals surface area contributed by atoms with Crippen LogP contribution in [0.5, 0.6) is 0 Å².